The zero-order chi connectivity index (χ0) is 15.1. The van der Waals surface area contributed by atoms with Crippen LogP contribution in [-0.2, 0) is 13.5 Å². The highest BCUT2D eigenvalue weighted by molar-refractivity contribution is 5.62. The maximum atomic E-state index is 11.4. The lowest BCUT2D eigenvalue weighted by atomic mass is 9.79. The average molecular weight is 281 g/mol. The number of piperidine rings is 1. The summed E-state index contributed by atoms with van der Waals surface area (Å²) in [5.74, 6) is 0.604. The maximum absolute atomic E-state index is 11.4. The number of nitrogens with zero attached hydrogens (tertiary/aromatic N) is 4. The van der Waals surface area contributed by atoms with E-state index in [0.717, 1.165) is 13.0 Å². The van der Waals surface area contributed by atoms with E-state index in [1.54, 1.807) is 11.7 Å². The third-order valence-corrected chi connectivity index (χ3v) is 4.19. The van der Waals surface area contributed by atoms with Crippen molar-refractivity contribution in [3.05, 3.63) is 15.8 Å². The molecule has 0 saturated carbocycles. The predicted octanol–water partition coefficient (Wildman–Crippen LogP) is 1.45. The third kappa shape index (κ3) is 2.37. The van der Waals surface area contributed by atoms with E-state index in [0.29, 0.717) is 24.5 Å². The fourth-order valence-electron chi connectivity index (χ4n) is 2.89. The quantitative estimate of drug-likeness (QED) is 0.669. The molecular formula is C13H23N5O2. The first-order valence-electron chi connectivity index (χ1n) is 6.98. The zero-order valence-corrected chi connectivity index (χ0v) is 12.6. The standard InChI is InChI=1S/C13H23N5O2/c1-5-9-11(18(19)20)12(16(4)15-9)17-7-6-10(14)13(2,3)8-17/h10H,5-8,14H2,1-4H3. The van der Waals surface area contributed by atoms with Gasteiger partial charge in [-0.3, -0.25) is 10.1 Å². The lowest BCUT2D eigenvalue weighted by Crippen LogP contribution is -2.53. The van der Waals surface area contributed by atoms with Crippen LogP contribution in [0.15, 0.2) is 0 Å². The molecule has 0 spiro atoms. The first-order chi connectivity index (χ1) is 9.27. The van der Waals surface area contributed by atoms with Gasteiger partial charge in [-0.15, -0.1) is 0 Å². The number of anilines is 1. The van der Waals surface area contributed by atoms with Crippen LogP contribution >= 0.6 is 0 Å². The summed E-state index contributed by atoms with van der Waals surface area (Å²) < 4.78 is 1.63. The van der Waals surface area contributed by atoms with Gasteiger partial charge >= 0.3 is 5.69 Å². The van der Waals surface area contributed by atoms with Gasteiger partial charge in [0.25, 0.3) is 0 Å². The second-order valence-electron chi connectivity index (χ2n) is 6.16. The van der Waals surface area contributed by atoms with Gasteiger partial charge in [-0.25, -0.2) is 4.68 Å². The highest BCUT2D eigenvalue weighted by atomic mass is 16.6. The number of hydrogen-bond donors (Lipinski definition) is 1. The lowest BCUT2D eigenvalue weighted by Gasteiger charge is -2.43. The molecule has 20 heavy (non-hydrogen) atoms. The summed E-state index contributed by atoms with van der Waals surface area (Å²) in [5.41, 5.74) is 6.75. The number of aromatic nitrogens is 2. The summed E-state index contributed by atoms with van der Waals surface area (Å²) in [5, 5.41) is 15.7. The van der Waals surface area contributed by atoms with Gasteiger partial charge < -0.3 is 10.6 Å². The van der Waals surface area contributed by atoms with Crippen molar-refractivity contribution in [3.63, 3.8) is 0 Å². The number of rotatable bonds is 3. The molecule has 1 fully saturated rings. The molecule has 0 radical (unpaired) electrons. The minimum Gasteiger partial charge on any atom is -0.350 e. The predicted molar refractivity (Wildman–Crippen MR) is 77.8 cm³/mol. The molecule has 0 aliphatic carbocycles. The van der Waals surface area contributed by atoms with Crippen LogP contribution in [0.1, 0.15) is 32.9 Å². The molecule has 112 valence electrons. The minimum absolute atomic E-state index is 0.0667. The Morgan fingerprint density at radius 2 is 2.20 bits per heavy atom. The van der Waals surface area contributed by atoms with E-state index >= 15 is 0 Å². The average Bonchev–Trinajstić information content (AvgIpc) is 2.69. The molecule has 1 aliphatic rings. The molecule has 1 atom stereocenters. The van der Waals surface area contributed by atoms with E-state index in [2.05, 4.69) is 18.9 Å². The van der Waals surface area contributed by atoms with Crippen molar-refractivity contribution in [2.75, 3.05) is 18.0 Å². The van der Waals surface area contributed by atoms with E-state index in [-0.39, 0.29) is 22.1 Å². The molecule has 7 heteroatoms. The monoisotopic (exact) mass is 281 g/mol. The Morgan fingerprint density at radius 3 is 2.70 bits per heavy atom. The van der Waals surface area contributed by atoms with Gasteiger partial charge in [-0.2, -0.15) is 5.10 Å². The van der Waals surface area contributed by atoms with E-state index in [1.165, 1.54) is 0 Å². The Kier molecular flexibility index (Phi) is 3.73. The van der Waals surface area contributed by atoms with Crippen molar-refractivity contribution >= 4 is 11.5 Å². The number of aryl methyl sites for hydroxylation is 2. The molecule has 1 aromatic heterocycles. The van der Waals surface area contributed by atoms with Gasteiger partial charge in [0.05, 0.1) is 4.92 Å². The third-order valence-electron chi connectivity index (χ3n) is 4.19. The Morgan fingerprint density at radius 1 is 1.55 bits per heavy atom. The summed E-state index contributed by atoms with van der Waals surface area (Å²) in [4.78, 5) is 13.1. The van der Waals surface area contributed by atoms with Gasteiger partial charge in [0, 0.05) is 26.2 Å². The molecule has 0 amide bonds. The van der Waals surface area contributed by atoms with E-state index in [4.69, 9.17) is 5.73 Å². The molecule has 0 aromatic carbocycles. The molecule has 1 saturated heterocycles. The first-order valence-corrected chi connectivity index (χ1v) is 6.98. The van der Waals surface area contributed by atoms with Gasteiger partial charge in [0.1, 0.15) is 5.69 Å². The summed E-state index contributed by atoms with van der Waals surface area (Å²) >= 11 is 0. The van der Waals surface area contributed by atoms with Gasteiger partial charge in [0.2, 0.25) is 5.82 Å². The number of nitro groups is 1. The van der Waals surface area contributed by atoms with Crippen molar-refractivity contribution in [3.8, 4) is 0 Å². The van der Waals surface area contributed by atoms with Crippen molar-refractivity contribution in [1.82, 2.24) is 9.78 Å². The SMILES string of the molecule is CCc1nn(C)c(N2CCC(N)C(C)(C)C2)c1[N+](=O)[O-]. The number of nitrogens with two attached hydrogens (primary N) is 1. The highest BCUT2D eigenvalue weighted by Gasteiger charge is 2.38. The summed E-state index contributed by atoms with van der Waals surface area (Å²) in [6.45, 7) is 7.53. The molecule has 7 nitrogen and oxygen atoms in total. The van der Waals surface area contributed by atoms with Crippen LogP contribution in [0.25, 0.3) is 0 Å². The summed E-state index contributed by atoms with van der Waals surface area (Å²) in [6, 6.07) is 0.122. The second-order valence-corrected chi connectivity index (χ2v) is 6.16. The zero-order valence-electron chi connectivity index (χ0n) is 12.6. The molecular weight excluding hydrogens is 258 g/mol. The molecule has 1 aromatic rings. The van der Waals surface area contributed by atoms with Crippen molar-refractivity contribution in [1.29, 1.82) is 0 Å². The van der Waals surface area contributed by atoms with Crippen LogP contribution in [0.2, 0.25) is 0 Å². The van der Waals surface area contributed by atoms with Crippen LogP contribution in [0.3, 0.4) is 0 Å². The molecule has 1 aliphatic heterocycles. The van der Waals surface area contributed by atoms with Gasteiger partial charge in [-0.05, 0) is 18.3 Å². The number of hydrogen-bond acceptors (Lipinski definition) is 5. The van der Waals surface area contributed by atoms with Crippen LogP contribution in [-0.4, -0.2) is 33.8 Å². The lowest BCUT2D eigenvalue weighted by molar-refractivity contribution is -0.384. The van der Waals surface area contributed by atoms with Crippen LogP contribution in [0.5, 0.6) is 0 Å². The smallest absolute Gasteiger partial charge is 0.334 e. The van der Waals surface area contributed by atoms with Gasteiger partial charge in [0.15, 0.2) is 0 Å². The topological polar surface area (TPSA) is 90.2 Å². The van der Waals surface area contributed by atoms with Crippen LogP contribution in [0.4, 0.5) is 11.5 Å². The molecule has 2 heterocycles. The largest absolute Gasteiger partial charge is 0.350 e. The summed E-state index contributed by atoms with van der Waals surface area (Å²) in [6.07, 6.45) is 1.39. The van der Waals surface area contributed by atoms with Crippen molar-refractivity contribution in [2.24, 2.45) is 18.2 Å². The summed E-state index contributed by atoms with van der Waals surface area (Å²) in [7, 11) is 1.77. The normalized spacial score (nSPS) is 22.1. The Balaban J connectivity index is 2.43. The van der Waals surface area contributed by atoms with Gasteiger partial charge in [-0.1, -0.05) is 20.8 Å². The fraction of sp³-hybridized carbons (Fsp3) is 0.769. The first kappa shape index (κ1) is 14.8. The van der Waals surface area contributed by atoms with E-state index in [9.17, 15) is 10.1 Å². The molecule has 2 rings (SSSR count). The Hall–Kier alpha value is -1.63. The Labute approximate surface area is 118 Å². The highest BCUT2D eigenvalue weighted by Crippen LogP contribution is 2.37. The molecule has 0 bridgehead atoms. The fourth-order valence-corrected chi connectivity index (χ4v) is 2.89. The van der Waals surface area contributed by atoms with Crippen molar-refractivity contribution < 1.29 is 4.92 Å². The Bertz CT molecular complexity index is 523. The van der Waals surface area contributed by atoms with E-state index in [1.807, 2.05) is 11.8 Å². The maximum Gasteiger partial charge on any atom is 0.334 e. The van der Waals surface area contributed by atoms with Crippen LogP contribution < -0.4 is 10.6 Å². The molecule has 2 N–H and O–H groups in total. The molecule has 1 unspecified atom stereocenters. The van der Waals surface area contributed by atoms with Crippen molar-refractivity contribution in [2.45, 2.75) is 39.7 Å². The second kappa shape index (κ2) is 5.05. The van der Waals surface area contributed by atoms with E-state index < -0.39 is 0 Å². The van der Waals surface area contributed by atoms with Crippen LogP contribution in [0, 0.1) is 15.5 Å². The minimum atomic E-state index is -0.317.